The Hall–Kier alpha value is -3.45. The Balaban J connectivity index is 1.95. The SMILES string of the molecule is Cc1nc(C)c(C(=O)C2=C(O)C(=O)N(c3ccccc3O)C2c2ccccc2C)s1. The minimum Gasteiger partial charge on any atom is -0.506 e. The molecule has 1 aliphatic heterocycles. The van der Waals surface area contributed by atoms with Gasteiger partial charge in [-0.2, -0.15) is 0 Å². The van der Waals surface area contributed by atoms with Crippen molar-refractivity contribution in [1.29, 1.82) is 0 Å². The highest BCUT2D eigenvalue weighted by atomic mass is 32.1. The van der Waals surface area contributed by atoms with E-state index in [1.54, 1.807) is 32.0 Å². The van der Waals surface area contributed by atoms with Gasteiger partial charge in [0, 0.05) is 0 Å². The third-order valence-electron chi connectivity index (χ3n) is 5.19. The summed E-state index contributed by atoms with van der Waals surface area (Å²) < 4.78 is 0. The van der Waals surface area contributed by atoms with Gasteiger partial charge >= 0.3 is 0 Å². The van der Waals surface area contributed by atoms with Crippen LogP contribution in [0, 0.1) is 20.8 Å². The van der Waals surface area contributed by atoms with Crippen LogP contribution in [0.1, 0.15) is 37.5 Å². The lowest BCUT2D eigenvalue weighted by molar-refractivity contribution is -0.117. The van der Waals surface area contributed by atoms with E-state index in [4.69, 9.17) is 0 Å². The van der Waals surface area contributed by atoms with Crippen molar-refractivity contribution in [1.82, 2.24) is 4.98 Å². The number of amides is 1. The molecule has 1 unspecified atom stereocenters. The highest BCUT2D eigenvalue weighted by Crippen LogP contribution is 2.45. The van der Waals surface area contributed by atoms with E-state index in [9.17, 15) is 19.8 Å². The molecule has 0 spiro atoms. The van der Waals surface area contributed by atoms with Gasteiger partial charge in [0.2, 0.25) is 5.78 Å². The first-order valence-electron chi connectivity index (χ1n) is 9.40. The molecule has 1 amide bonds. The third kappa shape index (κ3) is 3.07. The van der Waals surface area contributed by atoms with Gasteiger partial charge in [0.1, 0.15) is 5.75 Å². The van der Waals surface area contributed by atoms with E-state index in [1.165, 1.54) is 22.3 Å². The maximum Gasteiger partial charge on any atom is 0.294 e. The van der Waals surface area contributed by atoms with E-state index < -0.39 is 23.5 Å². The molecule has 0 radical (unpaired) electrons. The number of para-hydroxylation sites is 2. The standard InChI is InChI=1S/C23H20N2O4S/c1-12-8-4-5-9-15(12)19-18(20(27)22-13(2)24-14(3)30-22)21(28)23(29)25(19)16-10-6-7-11-17(16)26/h4-11,19,26,28H,1-3H3. The minimum absolute atomic E-state index is 0.00990. The second-order valence-corrected chi connectivity index (χ2v) is 8.37. The Morgan fingerprint density at radius 3 is 2.33 bits per heavy atom. The Morgan fingerprint density at radius 1 is 1.03 bits per heavy atom. The lowest BCUT2D eigenvalue weighted by atomic mass is 9.92. The number of thiazole rings is 1. The number of anilines is 1. The number of carbonyl (C=O) groups excluding carboxylic acids is 2. The zero-order valence-electron chi connectivity index (χ0n) is 16.7. The summed E-state index contributed by atoms with van der Waals surface area (Å²) in [4.78, 5) is 32.6. The predicted octanol–water partition coefficient (Wildman–Crippen LogP) is 4.56. The molecule has 0 fully saturated rings. The van der Waals surface area contributed by atoms with Gasteiger partial charge < -0.3 is 10.2 Å². The van der Waals surface area contributed by atoms with Crippen molar-refractivity contribution < 1.29 is 19.8 Å². The molecule has 2 heterocycles. The number of Topliss-reactive ketones (excluding diaryl/α,β-unsaturated/α-hetero) is 1. The van der Waals surface area contributed by atoms with Gasteiger partial charge in [0.25, 0.3) is 5.91 Å². The second kappa shape index (κ2) is 7.42. The molecule has 1 aromatic heterocycles. The number of aryl methyl sites for hydroxylation is 3. The Kier molecular flexibility index (Phi) is 4.91. The van der Waals surface area contributed by atoms with Gasteiger partial charge in [-0.3, -0.25) is 14.5 Å². The number of phenolic OH excluding ortho intramolecular Hbond substituents is 1. The summed E-state index contributed by atoms with van der Waals surface area (Å²) >= 11 is 1.23. The summed E-state index contributed by atoms with van der Waals surface area (Å²) in [7, 11) is 0. The van der Waals surface area contributed by atoms with Crippen LogP contribution in [0.4, 0.5) is 5.69 Å². The van der Waals surface area contributed by atoms with Crippen LogP contribution in [-0.2, 0) is 4.79 Å². The maximum atomic E-state index is 13.5. The van der Waals surface area contributed by atoms with Gasteiger partial charge in [-0.15, -0.1) is 11.3 Å². The molecule has 3 aromatic rings. The van der Waals surface area contributed by atoms with Crippen molar-refractivity contribution in [2.45, 2.75) is 26.8 Å². The number of rotatable bonds is 4. The van der Waals surface area contributed by atoms with Crippen LogP contribution >= 0.6 is 11.3 Å². The van der Waals surface area contributed by atoms with Gasteiger partial charge in [-0.1, -0.05) is 36.4 Å². The number of aromatic hydroxyl groups is 1. The number of aliphatic hydroxyl groups is 1. The fourth-order valence-electron chi connectivity index (χ4n) is 3.81. The molecule has 152 valence electrons. The number of aromatic nitrogens is 1. The summed E-state index contributed by atoms with van der Waals surface area (Å²) in [6, 6.07) is 12.9. The van der Waals surface area contributed by atoms with Crippen LogP contribution in [0.5, 0.6) is 5.75 Å². The van der Waals surface area contributed by atoms with Gasteiger partial charge in [-0.05, 0) is 44.0 Å². The van der Waals surface area contributed by atoms with Crippen LogP contribution < -0.4 is 4.90 Å². The van der Waals surface area contributed by atoms with Gasteiger partial charge in [0.15, 0.2) is 5.76 Å². The zero-order valence-corrected chi connectivity index (χ0v) is 17.5. The van der Waals surface area contributed by atoms with Crippen molar-refractivity contribution in [3.05, 3.63) is 86.6 Å². The summed E-state index contributed by atoms with van der Waals surface area (Å²) in [6.07, 6.45) is 0. The molecule has 4 rings (SSSR count). The second-order valence-electron chi connectivity index (χ2n) is 7.16. The molecule has 0 saturated carbocycles. The molecule has 0 saturated heterocycles. The van der Waals surface area contributed by atoms with E-state index in [2.05, 4.69) is 4.98 Å². The number of benzene rings is 2. The number of hydrogen-bond donors (Lipinski definition) is 2. The molecule has 0 bridgehead atoms. The predicted molar refractivity (Wildman–Crippen MR) is 115 cm³/mol. The fourth-order valence-corrected chi connectivity index (χ4v) is 4.68. The highest BCUT2D eigenvalue weighted by molar-refractivity contribution is 7.14. The topological polar surface area (TPSA) is 90.7 Å². The minimum atomic E-state index is -0.874. The Morgan fingerprint density at radius 2 is 1.70 bits per heavy atom. The number of carbonyl (C=O) groups is 2. The molecular formula is C23H20N2O4S. The first kappa shape index (κ1) is 19.8. The monoisotopic (exact) mass is 420 g/mol. The Bertz CT molecular complexity index is 1210. The lowest BCUT2D eigenvalue weighted by Crippen LogP contribution is -2.31. The summed E-state index contributed by atoms with van der Waals surface area (Å²) in [5, 5.41) is 21.9. The Labute approximate surface area is 177 Å². The van der Waals surface area contributed by atoms with Crippen LogP contribution in [0.15, 0.2) is 59.9 Å². The molecule has 2 N–H and O–H groups in total. The maximum absolute atomic E-state index is 13.5. The molecule has 1 atom stereocenters. The largest absolute Gasteiger partial charge is 0.506 e. The van der Waals surface area contributed by atoms with Crippen LogP contribution in [0.2, 0.25) is 0 Å². The summed E-state index contributed by atoms with van der Waals surface area (Å²) in [5.74, 6) is -1.89. The number of ketones is 1. The quantitative estimate of drug-likeness (QED) is 0.604. The summed E-state index contributed by atoms with van der Waals surface area (Å²) in [5.41, 5.74) is 2.32. The number of aliphatic hydroxyl groups excluding tert-OH is 1. The van der Waals surface area contributed by atoms with E-state index in [1.807, 2.05) is 31.2 Å². The lowest BCUT2D eigenvalue weighted by Gasteiger charge is -2.28. The van der Waals surface area contributed by atoms with Gasteiger partial charge in [-0.25, -0.2) is 4.98 Å². The first-order valence-corrected chi connectivity index (χ1v) is 10.2. The normalized spacial score (nSPS) is 16.4. The van der Waals surface area contributed by atoms with Crippen molar-refractivity contribution in [3.63, 3.8) is 0 Å². The van der Waals surface area contributed by atoms with Crippen molar-refractivity contribution in [3.8, 4) is 5.75 Å². The average molecular weight is 420 g/mol. The molecule has 2 aromatic carbocycles. The van der Waals surface area contributed by atoms with Crippen LogP contribution in [-0.4, -0.2) is 26.9 Å². The first-order chi connectivity index (χ1) is 14.3. The molecule has 0 aliphatic carbocycles. The molecule has 1 aliphatic rings. The fraction of sp³-hybridized carbons (Fsp3) is 0.174. The van der Waals surface area contributed by atoms with Crippen molar-refractivity contribution >= 4 is 28.7 Å². The van der Waals surface area contributed by atoms with Crippen LogP contribution in [0.3, 0.4) is 0 Å². The van der Waals surface area contributed by atoms with E-state index >= 15 is 0 Å². The summed E-state index contributed by atoms with van der Waals surface area (Å²) in [6.45, 7) is 5.41. The third-order valence-corrected chi connectivity index (χ3v) is 6.26. The smallest absolute Gasteiger partial charge is 0.294 e. The highest BCUT2D eigenvalue weighted by Gasteiger charge is 2.46. The number of hydrogen-bond acceptors (Lipinski definition) is 6. The molecular weight excluding hydrogens is 400 g/mol. The molecule has 30 heavy (non-hydrogen) atoms. The van der Waals surface area contributed by atoms with E-state index in [0.29, 0.717) is 16.1 Å². The molecule has 6 nitrogen and oxygen atoms in total. The van der Waals surface area contributed by atoms with Crippen LogP contribution in [0.25, 0.3) is 0 Å². The number of nitrogens with zero attached hydrogens (tertiary/aromatic N) is 2. The average Bonchev–Trinajstić information content (AvgIpc) is 3.18. The van der Waals surface area contributed by atoms with E-state index in [-0.39, 0.29) is 17.0 Å². The van der Waals surface area contributed by atoms with Crippen molar-refractivity contribution in [2.24, 2.45) is 0 Å². The number of phenols is 1. The zero-order chi connectivity index (χ0) is 21.6. The molecule has 7 heteroatoms. The van der Waals surface area contributed by atoms with Gasteiger partial charge in [0.05, 0.1) is 32.9 Å². The van der Waals surface area contributed by atoms with Crippen molar-refractivity contribution in [2.75, 3.05) is 4.90 Å². The van der Waals surface area contributed by atoms with E-state index in [0.717, 1.165) is 10.6 Å².